The van der Waals surface area contributed by atoms with E-state index in [0.29, 0.717) is 11.7 Å². The smallest absolute Gasteiger partial charge is 0.284 e. The van der Waals surface area contributed by atoms with E-state index < -0.39 is 0 Å². The van der Waals surface area contributed by atoms with Crippen LogP contribution in [0.2, 0.25) is 0 Å². The summed E-state index contributed by atoms with van der Waals surface area (Å²) in [5.41, 5.74) is 0.979. The average molecular weight is 202 g/mol. The minimum absolute atomic E-state index is 0.561. The molecule has 0 unspecified atom stereocenters. The van der Waals surface area contributed by atoms with Crippen molar-refractivity contribution in [2.24, 2.45) is 7.05 Å². The number of methoxy groups -OCH3 is 1. The van der Waals surface area contributed by atoms with E-state index in [9.17, 15) is 0 Å². The fourth-order valence-corrected chi connectivity index (χ4v) is 1.30. The van der Waals surface area contributed by atoms with E-state index in [1.54, 1.807) is 18.0 Å². The highest BCUT2D eigenvalue weighted by Gasteiger charge is 2.09. The molecule has 0 atom stereocenters. The Labute approximate surface area is 88.2 Å². The number of benzene rings is 1. The van der Waals surface area contributed by atoms with Crippen molar-refractivity contribution in [1.82, 2.24) is 10.1 Å². The maximum absolute atomic E-state index is 5.09. The quantitative estimate of drug-likeness (QED) is 0.681. The van der Waals surface area contributed by atoms with Gasteiger partial charge in [0.2, 0.25) is 5.82 Å². The van der Waals surface area contributed by atoms with E-state index in [4.69, 9.17) is 4.74 Å². The summed E-state index contributed by atoms with van der Waals surface area (Å²) in [6.07, 6.45) is 1.73. The van der Waals surface area contributed by atoms with Gasteiger partial charge in [0.05, 0.1) is 7.11 Å². The molecule has 1 aromatic carbocycles. The van der Waals surface area contributed by atoms with Crippen LogP contribution in [0.15, 0.2) is 36.5 Å². The molecule has 2 aromatic rings. The van der Waals surface area contributed by atoms with Crippen molar-refractivity contribution in [3.63, 3.8) is 0 Å². The van der Waals surface area contributed by atoms with Gasteiger partial charge in [-0.2, -0.15) is 4.98 Å². The molecule has 0 radical (unpaired) electrons. The number of aryl methyl sites for hydroxylation is 1. The third kappa shape index (κ3) is 2.10. The van der Waals surface area contributed by atoms with E-state index in [0.717, 1.165) is 5.56 Å². The zero-order chi connectivity index (χ0) is 10.7. The maximum Gasteiger partial charge on any atom is 0.284 e. The fraction of sp³-hybridized carbons (Fsp3) is 0.182. The Morgan fingerprint density at radius 1 is 1.20 bits per heavy atom. The van der Waals surface area contributed by atoms with Crippen molar-refractivity contribution in [3.05, 3.63) is 36.5 Å². The molecule has 2 rings (SSSR count). The third-order valence-corrected chi connectivity index (χ3v) is 2.01. The number of nitrogens with zero attached hydrogens (tertiary/aromatic N) is 3. The molecule has 1 heterocycles. The lowest BCUT2D eigenvalue weighted by Gasteiger charge is -1.99. The van der Waals surface area contributed by atoms with Gasteiger partial charge in [0.1, 0.15) is 0 Å². The van der Waals surface area contributed by atoms with Gasteiger partial charge in [-0.3, -0.25) is 0 Å². The normalized spacial score (nSPS) is 10.0. The standard InChI is InChI=1S/C11H12N3O/c1-14-8-10(15-2)12-11(13-14)9-6-4-3-5-7-9/h3-8H,1-2H3/q+1. The summed E-state index contributed by atoms with van der Waals surface area (Å²) in [5, 5.41) is 4.28. The Bertz CT molecular complexity index is 457. The van der Waals surface area contributed by atoms with E-state index in [-0.39, 0.29) is 0 Å². The molecule has 0 aliphatic carbocycles. The van der Waals surface area contributed by atoms with Gasteiger partial charge in [-0.1, -0.05) is 35.0 Å². The van der Waals surface area contributed by atoms with E-state index >= 15 is 0 Å². The number of rotatable bonds is 2. The first-order chi connectivity index (χ1) is 7.29. The summed E-state index contributed by atoms with van der Waals surface area (Å²) in [6, 6.07) is 9.81. The molecule has 0 aliphatic heterocycles. The Morgan fingerprint density at radius 2 is 1.93 bits per heavy atom. The van der Waals surface area contributed by atoms with Crippen molar-refractivity contribution < 1.29 is 9.42 Å². The number of ether oxygens (including phenoxy) is 1. The van der Waals surface area contributed by atoms with Crippen LogP contribution >= 0.6 is 0 Å². The molecule has 0 fully saturated rings. The van der Waals surface area contributed by atoms with Crippen molar-refractivity contribution in [3.8, 4) is 17.3 Å². The second kappa shape index (κ2) is 4.04. The Balaban J connectivity index is 2.49. The largest absolute Gasteiger partial charge is 0.477 e. The van der Waals surface area contributed by atoms with Crippen LogP contribution in [0.25, 0.3) is 11.4 Å². The summed E-state index contributed by atoms with van der Waals surface area (Å²) in [7, 11) is 3.44. The maximum atomic E-state index is 5.09. The molecular weight excluding hydrogens is 190 g/mol. The molecule has 0 saturated carbocycles. The highest BCUT2D eigenvalue weighted by atomic mass is 16.5. The monoisotopic (exact) mass is 202 g/mol. The van der Waals surface area contributed by atoms with Crippen LogP contribution in [-0.2, 0) is 7.05 Å². The van der Waals surface area contributed by atoms with Gasteiger partial charge in [0.15, 0.2) is 7.05 Å². The van der Waals surface area contributed by atoms with Crippen LogP contribution in [-0.4, -0.2) is 17.2 Å². The van der Waals surface area contributed by atoms with E-state index in [1.165, 1.54) is 0 Å². The van der Waals surface area contributed by atoms with Crippen molar-refractivity contribution in [2.75, 3.05) is 7.11 Å². The number of hydrogen-bond acceptors (Lipinski definition) is 3. The molecule has 0 bridgehead atoms. The second-order valence-corrected chi connectivity index (χ2v) is 3.15. The van der Waals surface area contributed by atoms with Crippen LogP contribution in [0.5, 0.6) is 5.88 Å². The van der Waals surface area contributed by atoms with Gasteiger partial charge in [0.25, 0.3) is 12.1 Å². The van der Waals surface area contributed by atoms with Gasteiger partial charge in [-0.05, 0) is 0 Å². The van der Waals surface area contributed by atoms with Crippen LogP contribution in [0.1, 0.15) is 0 Å². The third-order valence-electron chi connectivity index (χ3n) is 2.01. The minimum atomic E-state index is 0.561. The lowest BCUT2D eigenvalue weighted by Crippen LogP contribution is -2.33. The predicted molar refractivity (Wildman–Crippen MR) is 55.2 cm³/mol. The predicted octanol–water partition coefficient (Wildman–Crippen LogP) is 0.977. The molecule has 0 aliphatic rings. The van der Waals surface area contributed by atoms with Gasteiger partial charge in [-0.25, -0.2) is 0 Å². The molecule has 0 N–H and O–H groups in total. The second-order valence-electron chi connectivity index (χ2n) is 3.15. The van der Waals surface area contributed by atoms with E-state index in [2.05, 4.69) is 10.1 Å². The van der Waals surface area contributed by atoms with Gasteiger partial charge >= 0.3 is 0 Å². The Kier molecular flexibility index (Phi) is 2.58. The Hall–Kier alpha value is -1.97. The topological polar surface area (TPSA) is 38.9 Å². The summed E-state index contributed by atoms with van der Waals surface area (Å²) < 4.78 is 6.77. The first kappa shape index (κ1) is 9.58. The SMILES string of the molecule is COc1c[n+](C)nc(-c2ccccc2)n1. The molecule has 0 amide bonds. The Morgan fingerprint density at radius 3 is 2.60 bits per heavy atom. The summed E-state index contributed by atoms with van der Waals surface area (Å²) in [6.45, 7) is 0. The van der Waals surface area contributed by atoms with Crippen LogP contribution in [0.4, 0.5) is 0 Å². The lowest BCUT2D eigenvalue weighted by molar-refractivity contribution is -0.730. The first-order valence-corrected chi connectivity index (χ1v) is 4.64. The molecule has 0 spiro atoms. The first-order valence-electron chi connectivity index (χ1n) is 4.64. The molecule has 76 valence electrons. The molecule has 4 heteroatoms. The van der Waals surface area contributed by atoms with Gasteiger partial charge in [-0.15, -0.1) is 0 Å². The molecule has 15 heavy (non-hydrogen) atoms. The van der Waals surface area contributed by atoms with Crippen molar-refractivity contribution in [2.45, 2.75) is 0 Å². The van der Waals surface area contributed by atoms with E-state index in [1.807, 2.05) is 37.4 Å². The minimum Gasteiger partial charge on any atom is -0.477 e. The van der Waals surface area contributed by atoms with Gasteiger partial charge in [0, 0.05) is 10.7 Å². The highest BCUT2D eigenvalue weighted by Crippen LogP contribution is 2.14. The van der Waals surface area contributed by atoms with Crippen LogP contribution in [0.3, 0.4) is 0 Å². The number of aromatic nitrogens is 3. The zero-order valence-electron chi connectivity index (χ0n) is 8.71. The van der Waals surface area contributed by atoms with Crippen LogP contribution < -0.4 is 9.42 Å². The summed E-state index contributed by atoms with van der Waals surface area (Å²) in [4.78, 5) is 4.27. The lowest BCUT2D eigenvalue weighted by atomic mass is 10.2. The summed E-state index contributed by atoms with van der Waals surface area (Å²) >= 11 is 0. The van der Waals surface area contributed by atoms with Crippen molar-refractivity contribution in [1.29, 1.82) is 0 Å². The molecule has 1 aromatic heterocycles. The number of hydrogen-bond donors (Lipinski definition) is 0. The fourth-order valence-electron chi connectivity index (χ4n) is 1.30. The van der Waals surface area contributed by atoms with Gasteiger partial charge < -0.3 is 4.74 Å². The molecule has 4 nitrogen and oxygen atoms in total. The molecule has 0 saturated heterocycles. The highest BCUT2D eigenvalue weighted by molar-refractivity contribution is 5.53. The summed E-state index contributed by atoms with van der Waals surface area (Å²) in [5.74, 6) is 1.23. The van der Waals surface area contributed by atoms with Crippen molar-refractivity contribution >= 4 is 0 Å². The zero-order valence-corrected chi connectivity index (χ0v) is 8.71. The van der Waals surface area contributed by atoms with Crippen LogP contribution in [0, 0.1) is 0 Å². The average Bonchev–Trinajstić information content (AvgIpc) is 2.29. The molecular formula is C11H12N3O+.